The van der Waals surface area contributed by atoms with Gasteiger partial charge in [0.1, 0.15) is 0 Å². The number of fused-ring (bicyclic) bond motifs is 1. The van der Waals surface area contributed by atoms with E-state index in [1.54, 1.807) is 0 Å². The van der Waals surface area contributed by atoms with E-state index in [0.29, 0.717) is 0 Å². The van der Waals surface area contributed by atoms with Crippen LogP contribution in [0.2, 0.25) is 0 Å². The third-order valence-corrected chi connectivity index (χ3v) is 3.71. The summed E-state index contributed by atoms with van der Waals surface area (Å²) < 4.78 is 0. The van der Waals surface area contributed by atoms with Crippen molar-refractivity contribution >= 4 is 5.78 Å². The number of hydrogen-bond donors (Lipinski definition) is 1. The van der Waals surface area contributed by atoms with Crippen LogP contribution in [0.15, 0.2) is 18.2 Å². The van der Waals surface area contributed by atoms with Gasteiger partial charge >= 0.3 is 0 Å². The lowest BCUT2D eigenvalue weighted by atomic mass is 9.89. The molecule has 2 rings (SSSR count). The van der Waals surface area contributed by atoms with E-state index in [-0.39, 0.29) is 11.8 Å². The maximum Gasteiger partial charge on any atom is 0.179 e. The summed E-state index contributed by atoms with van der Waals surface area (Å²) in [7, 11) is 1.85. The maximum absolute atomic E-state index is 12.2. The van der Waals surface area contributed by atoms with Crippen molar-refractivity contribution in [3.05, 3.63) is 34.9 Å². The number of rotatable bonds is 4. The minimum atomic E-state index is -0.0448. The van der Waals surface area contributed by atoms with Gasteiger partial charge in [0, 0.05) is 5.56 Å². The van der Waals surface area contributed by atoms with E-state index in [9.17, 15) is 4.79 Å². The van der Waals surface area contributed by atoms with Crippen LogP contribution < -0.4 is 5.32 Å². The molecule has 2 nitrogen and oxygen atoms in total. The largest absolute Gasteiger partial charge is 0.310 e. The number of ketones is 1. The van der Waals surface area contributed by atoms with Crippen LogP contribution in [0.3, 0.4) is 0 Å². The molecule has 0 spiro atoms. The summed E-state index contributed by atoms with van der Waals surface area (Å²) >= 11 is 0. The van der Waals surface area contributed by atoms with Crippen molar-refractivity contribution in [1.82, 2.24) is 5.32 Å². The van der Waals surface area contributed by atoms with Crippen LogP contribution in [0, 0.1) is 0 Å². The van der Waals surface area contributed by atoms with Gasteiger partial charge in [0.2, 0.25) is 0 Å². The fourth-order valence-corrected chi connectivity index (χ4v) is 2.61. The molecule has 0 aliphatic heterocycles. The zero-order valence-electron chi connectivity index (χ0n) is 10.8. The highest BCUT2D eigenvalue weighted by Crippen LogP contribution is 2.22. The van der Waals surface area contributed by atoms with Gasteiger partial charge in [-0.15, -0.1) is 0 Å². The molecule has 0 saturated carbocycles. The summed E-state index contributed by atoms with van der Waals surface area (Å²) in [6.45, 7) is 2.04. The van der Waals surface area contributed by atoms with Gasteiger partial charge in [-0.1, -0.05) is 19.1 Å². The van der Waals surface area contributed by atoms with Crippen LogP contribution in [0.4, 0.5) is 0 Å². The number of carbonyl (C=O) groups is 1. The van der Waals surface area contributed by atoms with Gasteiger partial charge in [-0.05, 0) is 56.3 Å². The van der Waals surface area contributed by atoms with Crippen molar-refractivity contribution in [2.24, 2.45) is 0 Å². The fraction of sp³-hybridized carbons (Fsp3) is 0.533. The number of Topliss-reactive ketones (excluding diaryl/α,β-unsaturated/α-hetero) is 1. The highest BCUT2D eigenvalue weighted by molar-refractivity contribution is 6.00. The predicted octanol–water partition coefficient (Wildman–Crippen LogP) is 2.75. The van der Waals surface area contributed by atoms with Gasteiger partial charge < -0.3 is 5.32 Å². The molecule has 2 heteroatoms. The molecular weight excluding hydrogens is 210 g/mol. The third kappa shape index (κ3) is 2.58. The van der Waals surface area contributed by atoms with Gasteiger partial charge in [-0.2, -0.15) is 0 Å². The van der Waals surface area contributed by atoms with E-state index in [2.05, 4.69) is 17.4 Å². The number of carbonyl (C=O) groups excluding carboxylic acids is 1. The average molecular weight is 231 g/mol. The zero-order valence-corrected chi connectivity index (χ0v) is 10.8. The van der Waals surface area contributed by atoms with E-state index in [1.165, 1.54) is 30.4 Å². The topological polar surface area (TPSA) is 29.1 Å². The monoisotopic (exact) mass is 231 g/mol. The second-order valence-corrected chi connectivity index (χ2v) is 4.80. The quantitative estimate of drug-likeness (QED) is 0.807. The third-order valence-electron chi connectivity index (χ3n) is 3.71. The van der Waals surface area contributed by atoms with Gasteiger partial charge in [0.05, 0.1) is 6.04 Å². The van der Waals surface area contributed by atoms with Crippen molar-refractivity contribution in [2.45, 2.75) is 45.1 Å². The second-order valence-electron chi connectivity index (χ2n) is 4.80. The Bertz CT molecular complexity index is 407. The first kappa shape index (κ1) is 12.3. The van der Waals surface area contributed by atoms with E-state index < -0.39 is 0 Å². The Morgan fingerprint density at radius 3 is 2.65 bits per heavy atom. The Kier molecular flexibility index (Phi) is 3.95. The zero-order chi connectivity index (χ0) is 12.3. The standard InChI is InChI=1S/C15H21NO/c1-3-14(16-2)15(17)13-9-8-11-6-4-5-7-12(11)10-13/h8-10,14,16H,3-7H2,1-2H3. The van der Waals surface area contributed by atoms with Gasteiger partial charge in [-0.25, -0.2) is 0 Å². The molecule has 17 heavy (non-hydrogen) atoms. The number of aryl methyl sites for hydroxylation is 2. The number of hydrogen-bond acceptors (Lipinski definition) is 2. The lowest BCUT2D eigenvalue weighted by Gasteiger charge is -2.18. The molecule has 0 fully saturated rings. The summed E-state index contributed by atoms with van der Waals surface area (Å²) in [5.74, 6) is 0.225. The van der Waals surface area contributed by atoms with E-state index in [4.69, 9.17) is 0 Å². The van der Waals surface area contributed by atoms with Gasteiger partial charge in [0.15, 0.2) is 5.78 Å². The normalized spacial score (nSPS) is 16.4. The van der Waals surface area contributed by atoms with Crippen LogP contribution in [0.5, 0.6) is 0 Å². The van der Waals surface area contributed by atoms with E-state index in [1.807, 2.05) is 20.0 Å². The van der Waals surface area contributed by atoms with Crippen molar-refractivity contribution < 1.29 is 4.79 Å². The molecule has 1 aromatic carbocycles. The summed E-state index contributed by atoms with van der Waals surface area (Å²) in [6.07, 6.45) is 5.69. The first-order chi connectivity index (χ1) is 8.26. The maximum atomic E-state index is 12.2. The first-order valence-corrected chi connectivity index (χ1v) is 6.59. The summed E-state index contributed by atoms with van der Waals surface area (Å²) in [5, 5.41) is 3.08. The minimum Gasteiger partial charge on any atom is -0.310 e. The van der Waals surface area contributed by atoms with Crippen molar-refractivity contribution in [3.8, 4) is 0 Å². The van der Waals surface area contributed by atoms with Crippen LogP contribution in [-0.2, 0) is 12.8 Å². The Balaban J connectivity index is 2.24. The van der Waals surface area contributed by atoms with Crippen LogP contribution in [0.25, 0.3) is 0 Å². The molecule has 0 radical (unpaired) electrons. The molecule has 0 amide bonds. The van der Waals surface area contributed by atoms with Crippen molar-refractivity contribution in [2.75, 3.05) is 7.05 Å². The number of benzene rings is 1. The molecular formula is C15H21NO. The van der Waals surface area contributed by atoms with Crippen molar-refractivity contribution in [1.29, 1.82) is 0 Å². The summed E-state index contributed by atoms with van der Waals surface area (Å²) in [4.78, 5) is 12.2. The lowest BCUT2D eigenvalue weighted by molar-refractivity contribution is 0.0945. The van der Waals surface area contributed by atoms with E-state index in [0.717, 1.165) is 18.4 Å². The lowest BCUT2D eigenvalue weighted by Crippen LogP contribution is -2.33. The Labute approximate surface area is 103 Å². The predicted molar refractivity (Wildman–Crippen MR) is 70.6 cm³/mol. The molecule has 0 saturated heterocycles. The highest BCUT2D eigenvalue weighted by atomic mass is 16.1. The van der Waals surface area contributed by atoms with Gasteiger partial charge in [0.25, 0.3) is 0 Å². The Morgan fingerprint density at radius 1 is 1.29 bits per heavy atom. The Hall–Kier alpha value is -1.15. The van der Waals surface area contributed by atoms with Crippen LogP contribution in [-0.4, -0.2) is 18.9 Å². The molecule has 1 aliphatic carbocycles. The molecule has 0 aromatic heterocycles. The van der Waals surface area contributed by atoms with E-state index >= 15 is 0 Å². The first-order valence-electron chi connectivity index (χ1n) is 6.59. The number of likely N-dealkylation sites (N-methyl/N-ethyl adjacent to an activating group) is 1. The molecule has 1 unspecified atom stereocenters. The number of nitrogens with one attached hydrogen (secondary N) is 1. The molecule has 92 valence electrons. The fourth-order valence-electron chi connectivity index (χ4n) is 2.61. The molecule has 1 aliphatic rings. The highest BCUT2D eigenvalue weighted by Gasteiger charge is 2.18. The SMILES string of the molecule is CCC(NC)C(=O)c1ccc2c(c1)CCCC2. The van der Waals surface area contributed by atoms with Crippen molar-refractivity contribution in [3.63, 3.8) is 0 Å². The minimum absolute atomic E-state index is 0.0448. The molecule has 1 atom stereocenters. The molecule has 0 heterocycles. The van der Waals surface area contributed by atoms with Gasteiger partial charge in [-0.3, -0.25) is 4.79 Å². The molecule has 1 aromatic rings. The van der Waals surface area contributed by atoms with Crippen LogP contribution >= 0.6 is 0 Å². The molecule has 0 bridgehead atoms. The Morgan fingerprint density at radius 2 is 2.00 bits per heavy atom. The second kappa shape index (κ2) is 5.46. The molecule has 1 N–H and O–H groups in total. The summed E-state index contributed by atoms with van der Waals surface area (Å²) in [6, 6.07) is 6.20. The average Bonchev–Trinajstić information content (AvgIpc) is 2.39. The summed E-state index contributed by atoms with van der Waals surface area (Å²) in [5.41, 5.74) is 3.69. The van der Waals surface area contributed by atoms with Crippen LogP contribution in [0.1, 0.15) is 47.7 Å². The smallest absolute Gasteiger partial charge is 0.179 e.